The lowest BCUT2D eigenvalue weighted by Gasteiger charge is -2.08. The fourth-order valence-electron chi connectivity index (χ4n) is 1.61. The van der Waals surface area contributed by atoms with Gasteiger partial charge in [0.25, 0.3) is 0 Å². The largest absolute Gasteiger partial charge is 0.323 e. The Kier molecular flexibility index (Phi) is 3.79. The number of hydrogen-bond acceptors (Lipinski definition) is 2. The lowest BCUT2D eigenvalue weighted by molar-refractivity contribution is 0.262. The average molecular weight is 251 g/mol. The molecule has 0 saturated heterocycles. The lowest BCUT2D eigenvalue weighted by Crippen LogP contribution is -2.19. The van der Waals surface area contributed by atoms with E-state index in [1.54, 1.807) is 24.3 Å². The summed E-state index contributed by atoms with van der Waals surface area (Å²) in [6, 6.07) is 16.0. The van der Waals surface area contributed by atoms with Crippen LogP contribution in [0.2, 0.25) is 0 Å². The molecule has 0 bridgehead atoms. The predicted octanol–water partition coefficient (Wildman–Crippen LogP) is 3.51. The maximum atomic E-state index is 11.8. The average Bonchev–Trinajstić information content (AvgIpc) is 2.42. The molecule has 19 heavy (non-hydrogen) atoms. The van der Waals surface area contributed by atoms with Crippen LogP contribution in [-0.4, -0.2) is 6.03 Å². The smallest absolute Gasteiger partial charge is 0.308 e. The fourth-order valence-corrected chi connectivity index (χ4v) is 1.61. The Balaban J connectivity index is 2.06. The number of benzene rings is 2. The van der Waals surface area contributed by atoms with Crippen molar-refractivity contribution in [1.82, 2.24) is 0 Å². The topological polar surface area (TPSA) is 64.9 Å². The number of urea groups is 1. The zero-order chi connectivity index (χ0) is 13.7. The minimum Gasteiger partial charge on any atom is -0.308 e. The molecule has 0 atom stereocenters. The molecule has 0 unspecified atom stereocenters. The Morgan fingerprint density at radius 2 is 1.74 bits per heavy atom. The summed E-state index contributed by atoms with van der Waals surface area (Å²) in [5, 5.41) is 14.3. The van der Waals surface area contributed by atoms with E-state index in [4.69, 9.17) is 5.26 Å². The Hall–Kier alpha value is -2.80. The highest BCUT2D eigenvalue weighted by Crippen LogP contribution is 2.14. The Morgan fingerprint density at radius 1 is 1.05 bits per heavy atom. The van der Waals surface area contributed by atoms with Gasteiger partial charge in [-0.05, 0) is 31.2 Å². The monoisotopic (exact) mass is 251 g/mol. The van der Waals surface area contributed by atoms with Crippen molar-refractivity contribution in [2.24, 2.45) is 0 Å². The van der Waals surface area contributed by atoms with Crippen LogP contribution in [0.4, 0.5) is 16.2 Å². The van der Waals surface area contributed by atoms with Gasteiger partial charge in [0.15, 0.2) is 0 Å². The molecule has 2 N–H and O–H groups in total. The van der Waals surface area contributed by atoms with Gasteiger partial charge in [-0.3, -0.25) is 0 Å². The van der Waals surface area contributed by atoms with Gasteiger partial charge in [-0.15, -0.1) is 0 Å². The summed E-state index contributed by atoms with van der Waals surface area (Å²) in [6.07, 6.45) is 0. The number of rotatable bonds is 2. The minimum atomic E-state index is -0.369. The van der Waals surface area contributed by atoms with Crippen molar-refractivity contribution in [3.8, 4) is 6.07 Å². The number of nitrogens with zero attached hydrogens (tertiary/aromatic N) is 1. The van der Waals surface area contributed by atoms with Gasteiger partial charge >= 0.3 is 6.03 Å². The van der Waals surface area contributed by atoms with Crippen LogP contribution < -0.4 is 10.6 Å². The number of para-hydroxylation sites is 1. The molecule has 0 saturated carbocycles. The van der Waals surface area contributed by atoms with Gasteiger partial charge in [0.1, 0.15) is 6.07 Å². The second kappa shape index (κ2) is 5.69. The van der Waals surface area contributed by atoms with Crippen LogP contribution in [0.1, 0.15) is 11.1 Å². The first-order chi connectivity index (χ1) is 9.19. The van der Waals surface area contributed by atoms with Crippen LogP contribution >= 0.6 is 0 Å². The lowest BCUT2D eigenvalue weighted by atomic mass is 10.2. The summed E-state index contributed by atoms with van der Waals surface area (Å²) >= 11 is 0. The van der Waals surface area contributed by atoms with E-state index in [1.165, 1.54) is 0 Å². The molecule has 0 spiro atoms. The van der Waals surface area contributed by atoms with E-state index in [0.717, 1.165) is 5.56 Å². The quantitative estimate of drug-likeness (QED) is 0.857. The third kappa shape index (κ3) is 3.33. The first-order valence-electron chi connectivity index (χ1n) is 5.83. The summed E-state index contributed by atoms with van der Waals surface area (Å²) in [6.45, 7) is 1.98. The van der Waals surface area contributed by atoms with Gasteiger partial charge in [-0.25, -0.2) is 4.79 Å². The van der Waals surface area contributed by atoms with Crippen molar-refractivity contribution in [2.45, 2.75) is 6.92 Å². The van der Waals surface area contributed by atoms with Crippen LogP contribution in [0.5, 0.6) is 0 Å². The number of nitriles is 1. The van der Waals surface area contributed by atoms with Gasteiger partial charge in [0.05, 0.1) is 11.3 Å². The molecule has 0 radical (unpaired) electrons. The number of carbonyl (C=O) groups is 1. The molecule has 94 valence electrons. The fraction of sp³-hybridized carbons (Fsp3) is 0.0667. The van der Waals surface area contributed by atoms with E-state index in [1.807, 2.05) is 37.3 Å². The van der Waals surface area contributed by atoms with Crippen LogP contribution in [0.15, 0.2) is 48.5 Å². The molecule has 2 aromatic rings. The van der Waals surface area contributed by atoms with Gasteiger partial charge in [0, 0.05) is 5.69 Å². The van der Waals surface area contributed by atoms with Gasteiger partial charge in [-0.1, -0.05) is 29.8 Å². The van der Waals surface area contributed by atoms with Crippen LogP contribution in [-0.2, 0) is 0 Å². The normalized spacial score (nSPS) is 9.47. The number of hydrogen-bond donors (Lipinski definition) is 2. The van der Waals surface area contributed by atoms with E-state index >= 15 is 0 Å². The summed E-state index contributed by atoms with van der Waals surface area (Å²) in [5.41, 5.74) is 2.76. The number of amides is 2. The number of anilines is 2. The number of nitrogens with one attached hydrogen (secondary N) is 2. The second-order valence-electron chi connectivity index (χ2n) is 4.10. The van der Waals surface area contributed by atoms with Crippen molar-refractivity contribution in [3.05, 3.63) is 59.7 Å². The molecule has 4 nitrogen and oxygen atoms in total. The predicted molar refractivity (Wildman–Crippen MR) is 75.0 cm³/mol. The molecule has 0 fully saturated rings. The van der Waals surface area contributed by atoms with E-state index in [2.05, 4.69) is 10.6 Å². The highest BCUT2D eigenvalue weighted by Gasteiger charge is 2.05. The highest BCUT2D eigenvalue weighted by atomic mass is 16.2. The number of aryl methyl sites for hydroxylation is 1. The minimum absolute atomic E-state index is 0.369. The van der Waals surface area contributed by atoms with Crippen LogP contribution in [0.25, 0.3) is 0 Å². The zero-order valence-electron chi connectivity index (χ0n) is 10.5. The molecular formula is C15H13N3O. The van der Waals surface area contributed by atoms with Crippen LogP contribution in [0, 0.1) is 18.3 Å². The maximum Gasteiger partial charge on any atom is 0.323 e. The first-order valence-corrected chi connectivity index (χ1v) is 5.83. The SMILES string of the molecule is Cc1ccc(NC(=O)Nc2ccccc2C#N)cc1. The Labute approximate surface area is 111 Å². The van der Waals surface area contributed by atoms with E-state index in [-0.39, 0.29) is 6.03 Å². The third-order valence-electron chi connectivity index (χ3n) is 2.61. The van der Waals surface area contributed by atoms with Crippen molar-refractivity contribution < 1.29 is 4.79 Å². The van der Waals surface area contributed by atoms with Crippen molar-refractivity contribution in [2.75, 3.05) is 10.6 Å². The second-order valence-corrected chi connectivity index (χ2v) is 4.10. The van der Waals surface area contributed by atoms with E-state index in [0.29, 0.717) is 16.9 Å². The molecule has 0 aliphatic heterocycles. The van der Waals surface area contributed by atoms with E-state index in [9.17, 15) is 4.79 Å². The van der Waals surface area contributed by atoms with Crippen molar-refractivity contribution in [1.29, 1.82) is 5.26 Å². The summed E-state index contributed by atoms with van der Waals surface area (Å²) in [5.74, 6) is 0. The summed E-state index contributed by atoms with van der Waals surface area (Å²) < 4.78 is 0. The van der Waals surface area contributed by atoms with Crippen LogP contribution in [0.3, 0.4) is 0 Å². The Morgan fingerprint density at radius 3 is 2.42 bits per heavy atom. The molecule has 2 amide bonds. The van der Waals surface area contributed by atoms with Crippen molar-refractivity contribution in [3.63, 3.8) is 0 Å². The standard InChI is InChI=1S/C15H13N3O/c1-11-6-8-13(9-7-11)17-15(19)18-14-5-3-2-4-12(14)10-16/h2-9H,1H3,(H2,17,18,19). The molecule has 0 aliphatic carbocycles. The molecule has 0 heterocycles. The van der Waals surface area contributed by atoms with E-state index < -0.39 is 0 Å². The molecular weight excluding hydrogens is 238 g/mol. The molecule has 4 heteroatoms. The Bertz CT molecular complexity index is 627. The molecule has 0 aromatic heterocycles. The third-order valence-corrected chi connectivity index (χ3v) is 2.61. The summed E-state index contributed by atoms with van der Waals surface area (Å²) in [4.78, 5) is 11.8. The van der Waals surface area contributed by atoms with Gasteiger partial charge < -0.3 is 10.6 Å². The van der Waals surface area contributed by atoms with Gasteiger partial charge in [-0.2, -0.15) is 5.26 Å². The number of carbonyl (C=O) groups excluding carboxylic acids is 1. The maximum absolute atomic E-state index is 11.8. The molecule has 2 aromatic carbocycles. The van der Waals surface area contributed by atoms with Crippen molar-refractivity contribution >= 4 is 17.4 Å². The zero-order valence-corrected chi connectivity index (χ0v) is 10.5. The van der Waals surface area contributed by atoms with Gasteiger partial charge in [0.2, 0.25) is 0 Å². The molecule has 2 rings (SSSR count). The first kappa shape index (κ1) is 12.7. The summed E-state index contributed by atoms with van der Waals surface area (Å²) in [7, 11) is 0. The highest BCUT2D eigenvalue weighted by molar-refractivity contribution is 6.00. The molecule has 0 aliphatic rings.